The summed E-state index contributed by atoms with van der Waals surface area (Å²) in [6.07, 6.45) is 0.188. The number of amides is 1. The van der Waals surface area contributed by atoms with Crippen molar-refractivity contribution in [3.05, 3.63) is 52.7 Å². The van der Waals surface area contributed by atoms with E-state index >= 15 is 0 Å². The summed E-state index contributed by atoms with van der Waals surface area (Å²) in [5.74, 6) is 0.713. The number of aryl methyl sites for hydroxylation is 1. The number of ether oxygens (including phenoxy) is 1. The van der Waals surface area contributed by atoms with E-state index in [0.717, 1.165) is 5.69 Å². The Morgan fingerprint density at radius 3 is 2.76 bits per heavy atom. The fourth-order valence-corrected chi connectivity index (χ4v) is 2.60. The lowest BCUT2D eigenvalue weighted by Gasteiger charge is -2.15. The maximum Gasteiger partial charge on any atom is 0.387 e. The predicted octanol–water partition coefficient (Wildman–Crippen LogP) is 3.34. The molecule has 1 aromatic heterocycles. The lowest BCUT2D eigenvalue weighted by molar-refractivity contribution is -0.116. The van der Waals surface area contributed by atoms with Gasteiger partial charge in [0.25, 0.3) is 0 Å². The molecular weight excluding hydrogens is 404 g/mol. The predicted molar refractivity (Wildman–Crippen MR) is 109 cm³/mol. The van der Waals surface area contributed by atoms with Crippen LogP contribution in [0.2, 0.25) is 5.02 Å². The number of aromatic nitrogens is 1. The van der Waals surface area contributed by atoms with Crippen molar-refractivity contribution in [1.29, 1.82) is 0 Å². The molecule has 10 heteroatoms. The van der Waals surface area contributed by atoms with Crippen LogP contribution in [0, 0.1) is 6.92 Å². The Hall–Kier alpha value is -2.94. The van der Waals surface area contributed by atoms with E-state index in [4.69, 9.17) is 11.6 Å². The summed E-state index contributed by atoms with van der Waals surface area (Å²) in [6, 6.07) is 9.74. The Balaban J connectivity index is 1.82. The number of carbonyl (C=O) groups is 1. The van der Waals surface area contributed by atoms with Gasteiger partial charge in [-0.3, -0.25) is 9.79 Å². The topological polar surface area (TPSA) is 87.6 Å². The van der Waals surface area contributed by atoms with E-state index < -0.39 is 6.61 Å². The number of alkyl halides is 2. The van der Waals surface area contributed by atoms with Gasteiger partial charge in [0, 0.05) is 42.8 Å². The first kappa shape index (κ1) is 22.4. The second kappa shape index (κ2) is 11.2. The van der Waals surface area contributed by atoms with E-state index in [-0.39, 0.29) is 24.6 Å². The average molecular weight is 426 g/mol. The van der Waals surface area contributed by atoms with Gasteiger partial charge in [0.15, 0.2) is 5.96 Å². The molecule has 0 fully saturated rings. The Labute approximate surface area is 172 Å². The van der Waals surface area contributed by atoms with Crippen LogP contribution in [0.15, 0.2) is 41.4 Å². The van der Waals surface area contributed by atoms with Crippen molar-refractivity contribution in [2.24, 2.45) is 4.99 Å². The summed E-state index contributed by atoms with van der Waals surface area (Å²) in [5.41, 5.74) is 1.26. The zero-order valence-corrected chi connectivity index (χ0v) is 16.8. The molecule has 0 atom stereocenters. The molecular formula is C19H22ClF2N5O2. The van der Waals surface area contributed by atoms with Crippen LogP contribution in [-0.2, 0) is 11.3 Å². The maximum atomic E-state index is 12.5. The molecule has 0 aliphatic carbocycles. The number of guanidine groups is 1. The third-order valence-corrected chi connectivity index (χ3v) is 3.94. The second-order valence-electron chi connectivity index (χ2n) is 5.95. The average Bonchev–Trinajstić information content (AvgIpc) is 2.66. The Morgan fingerprint density at radius 2 is 2.07 bits per heavy atom. The lowest BCUT2D eigenvalue weighted by atomic mass is 10.2. The highest BCUT2D eigenvalue weighted by Gasteiger charge is 2.11. The largest absolute Gasteiger partial charge is 0.434 e. The number of nitrogens with one attached hydrogen (secondary N) is 3. The summed E-state index contributed by atoms with van der Waals surface area (Å²) in [5, 5.41) is 9.05. The lowest BCUT2D eigenvalue weighted by Crippen LogP contribution is -2.38. The standard InChI is InChI=1S/C19H22ClF2N5O2/c1-12-4-3-5-16(26-12)27-17(28)8-9-24-19(23-2)25-11-13-10-14(20)6-7-15(13)29-18(21)22/h3-7,10,18H,8-9,11H2,1-2H3,(H2,23,24,25)(H,26,27,28). The monoisotopic (exact) mass is 425 g/mol. The molecule has 0 bridgehead atoms. The number of anilines is 1. The molecule has 1 heterocycles. The van der Waals surface area contributed by atoms with Crippen LogP contribution < -0.4 is 20.7 Å². The summed E-state index contributed by atoms with van der Waals surface area (Å²) < 4.78 is 29.6. The molecule has 1 amide bonds. The van der Waals surface area contributed by atoms with Crippen LogP contribution in [0.3, 0.4) is 0 Å². The van der Waals surface area contributed by atoms with Crippen molar-refractivity contribution in [2.75, 3.05) is 18.9 Å². The minimum Gasteiger partial charge on any atom is -0.434 e. The SMILES string of the molecule is CN=C(NCCC(=O)Nc1cccc(C)n1)NCc1cc(Cl)ccc1OC(F)F. The molecule has 0 saturated heterocycles. The minimum atomic E-state index is -2.94. The first-order valence-electron chi connectivity index (χ1n) is 8.78. The van der Waals surface area contributed by atoms with Gasteiger partial charge in [-0.2, -0.15) is 8.78 Å². The Morgan fingerprint density at radius 1 is 1.28 bits per heavy atom. The first-order chi connectivity index (χ1) is 13.9. The molecule has 0 spiro atoms. The van der Waals surface area contributed by atoms with Crippen molar-refractivity contribution in [3.8, 4) is 5.75 Å². The summed E-state index contributed by atoms with van der Waals surface area (Å²) in [4.78, 5) is 20.2. The molecule has 2 aromatic rings. The first-order valence-corrected chi connectivity index (χ1v) is 9.16. The zero-order chi connectivity index (χ0) is 21.2. The van der Waals surface area contributed by atoms with Gasteiger partial charge in [-0.1, -0.05) is 17.7 Å². The van der Waals surface area contributed by atoms with Gasteiger partial charge in [-0.15, -0.1) is 0 Å². The smallest absolute Gasteiger partial charge is 0.387 e. The van der Waals surface area contributed by atoms with Gasteiger partial charge in [-0.25, -0.2) is 4.98 Å². The number of aliphatic imine (C=N–C) groups is 1. The van der Waals surface area contributed by atoms with E-state index in [0.29, 0.717) is 28.9 Å². The van der Waals surface area contributed by atoms with Gasteiger partial charge in [0.05, 0.1) is 0 Å². The van der Waals surface area contributed by atoms with Crippen LogP contribution in [0.5, 0.6) is 5.75 Å². The van der Waals surface area contributed by atoms with Crippen LogP contribution in [-0.4, -0.2) is 37.1 Å². The number of pyridine rings is 1. The maximum absolute atomic E-state index is 12.5. The zero-order valence-electron chi connectivity index (χ0n) is 16.0. The van der Waals surface area contributed by atoms with Crippen LogP contribution >= 0.6 is 11.6 Å². The van der Waals surface area contributed by atoms with Crippen molar-refractivity contribution in [2.45, 2.75) is 26.5 Å². The van der Waals surface area contributed by atoms with Crippen molar-refractivity contribution >= 4 is 29.3 Å². The Kier molecular flexibility index (Phi) is 8.60. The van der Waals surface area contributed by atoms with Crippen molar-refractivity contribution in [3.63, 3.8) is 0 Å². The summed E-state index contributed by atoms with van der Waals surface area (Å²) >= 11 is 5.93. The number of nitrogens with zero attached hydrogens (tertiary/aromatic N) is 2. The second-order valence-corrected chi connectivity index (χ2v) is 6.38. The molecule has 29 heavy (non-hydrogen) atoms. The van der Waals surface area contributed by atoms with Crippen LogP contribution in [0.1, 0.15) is 17.7 Å². The Bertz CT molecular complexity index is 864. The molecule has 0 aliphatic rings. The molecule has 0 saturated carbocycles. The van der Waals surface area contributed by atoms with Crippen LogP contribution in [0.4, 0.5) is 14.6 Å². The molecule has 2 rings (SSSR count). The quantitative estimate of drug-likeness (QED) is 0.446. The molecule has 1 aromatic carbocycles. The number of carbonyl (C=O) groups excluding carboxylic acids is 1. The number of hydrogen-bond donors (Lipinski definition) is 3. The van der Waals surface area contributed by atoms with Gasteiger partial charge in [-0.05, 0) is 37.3 Å². The molecule has 0 unspecified atom stereocenters. The van der Waals surface area contributed by atoms with E-state index in [1.807, 2.05) is 19.1 Å². The fourth-order valence-electron chi connectivity index (χ4n) is 2.41. The number of benzene rings is 1. The van der Waals surface area contributed by atoms with Gasteiger partial charge in [0.2, 0.25) is 5.91 Å². The van der Waals surface area contributed by atoms with Gasteiger partial charge < -0.3 is 20.7 Å². The molecule has 0 aliphatic heterocycles. The number of rotatable bonds is 8. The van der Waals surface area contributed by atoms with E-state index in [1.54, 1.807) is 13.1 Å². The van der Waals surface area contributed by atoms with E-state index in [9.17, 15) is 13.6 Å². The molecule has 0 radical (unpaired) electrons. The highest BCUT2D eigenvalue weighted by Crippen LogP contribution is 2.24. The number of hydrogen-bond acceptors (Lipinski definition) is 4. The van der Waals surface area contributed by atoms with Gasteiger partial charge >= 0.3 is 6.61 Å². The highest BCUT2D eigenvalue weighted by molar-refractivity contribution is 6.30. The highest BCUT2D eigenvalue weighted by atomic mass is 35.5. The fraction of sp³-hybridized carbons (Fsp3) is 0.316. The van der Waals surface area contributed by atoms with Crippen LogP contribution in [0.25, 0.3) is 0 Å². The van der Waals surface area contributed by atoms with Crippen molar-refractivity contribution < 1.29 is 18.3 Å². The normalized spacial score (nSPS) is 11.3. The third kappa shape index (κ3) is 7.90. The van der Waals surface area contributed by atoms with Gasteiger partial charge in [0.1, 0.15) is 11.6 Å². The van der Waals surface area contributed by atoms with Crippen molar-refractivity contribution in [1.82, 2.24) is 15.6 Å². The molecule has 3 N–H and O–H groups in total. The molecule has 156 valence electrons. The third-order valence-electron chi connectivity index (χ3n) is 3.71. The summed E-state index contributed by atoms with van der Waals surface area (Å²) in [6.45, 7) is -0.631. The number of halogens is 3. The summed E-state index contributed by atoms with van der Waals surface area (Å²) in [7, 11) is 1.56. The molecule has 7 nitrogen and oxygen atoms in total. The minimum absolute atomic E-state index is 0.0254. The van der Waals surface area contributed by atoms with E-state index in [2.05, 4.69) is 30.7 Å². The van der Waals surface area contributed by atoms with E-state index in [1.165, 1.54) is 18.2 Å².